The zero-order chi connectivity index (χ0) is 13.8. The summed E-state index contributed by atoms with van der Waals surface area (Å²) in [6.45, 7) is 1.92. The van der Waals surface area contributed by atoms with Crippen molar-refractivity contribution in [3.63, 3.8) is 0 Å². The number of rotatable bonds is 4. The standard InChI is InChI=1S/C14H14BrNO3/c1-9(10-3-5-11(18-2)6-4-10)16-14(17)12-7-8-19-13(12)15/h3-9H,1-2H3,(H,16,17). The van der Waals surface area contributed by atoms with Crippen molar-refractivity contribution in [1.82, 2.24) is 5.32 Å². The predicted molar refractivity (Wildman–Crippen MR) is 75.3 cm³/mol. The number of benzene rings is 1. The van der Waals surface area contributed by atoms with Crippen LogP contribution in [-0.4, -0.2) is 13.0 Å². The minimum atomic E-state index is -0.177. The van der Waals surface area contributed by atoms with E-state index in [1.807, 2.05) is 31.2 Å². The van der Waals surface area contributed by atoms with Crippen molar-refractivity contribution in [3.05, 3.63) is 52.4 Å². The lowest BCUT2D eigenvalue weighted by molar-refractivity contribution is 0.0938. The molecule has 0 aliphatic rings. The first kappa shape index (κ1) is 13.7. The molecule has 19 heavy (non-hydrogen) atoms. The Morgan fingerprint density at radius 1 is 1.32 bits per heavy atom. The molecule has 2 rings (SSSR count). The largest absolute Gasteiger partial charge is 0.497 e. The predicted octanol–water partition coefficient (Wildman–Crippen LogP) is 3.54. The fourth-order valence-electron chi connectivity index (χ4n) is 1.71. The van der Waals surface area contributed by atoms with Crippen molar-refractivity contribution in [2.75, 3.05) is 7.11 Å². The molecular formula is C14H14BrNO3. The van der Waals surface area contributed by atoms with E-state index in [9.17, 15) is 4.79 Å². The van der Waals surface area contributed by atoms with Crippen LogP contribution in [0.4, 0.5) is 0 Å². The number of nitrogens with one attached hydrogen (secondary N) is 1. The van der Waals surface area contributed by atoms with Gasteiger partial charge in [0.1, 0.15) is 5.75 Å². The van der Waals surface area contributed by atoms with Crippen LogP contribution >= 0.6 is 15.9 Å². The van der Waals surface area contributed by atoms with Gasteiger partial charge in [-0.05, 0) is 46.6 Å². The number of hydrogen-bond acceptors (Lipinski definition) is 3. The molecule has 5 heteroatoms. The molecule has 1 aromatic heterocycles. The maximum Gasteiger partial charge on any atom is 0.256 e. The molecule has 0 spiro atoms. The van der Waals surface area contributed by atoms with E-state index in [1.54, 1.807) is 13.2 Å². The van der Waals surface area contributed by atoms with E-state index < -0.39 is 0 Å². The van der Waals surface area contributed by atoms with Crippen molar-refractivity contribution in [3.8, 4) is 5.75 Å². The first-order valence-corrected chi connectivity index (χ1v) is 6.59. The Morgan fingerprint density at radius 3 is 2.53 bits per heavy atom. The zero-order valence-corrected chi connectivity index (χ0v) is 12.2. The third kappa shape index (κ3) is 3.17. The summed E-state index contributed by atoms with van der Waals surface area (Å²) in [5, 5.41) is 2.91. The average Bonchev–Trinajstić information content (AvgIpc) is 2.85. The van der Waals surface area contributed by atoms with Crippen LogP contribution in [0, 0.1) is 0 Å². The summed E-state index contributed by atoms with van der Waals surface area (Å²) >= 11 is 3.19. The fraction of sp³-hybridized carbons (Fsp3) is 0.214. The van der Waals surface area contributed by atoms with E-state index in [4.69, 9.17) is 9.15 Å². The molecule has 1 N–H and O–H groups in total. The molecular weight excluding hydrogens is 310 g/mol. The number of halogens is 1. The number of amides is 1. The number of hydrogen-bond donors (Lipinski definition) is 1. The van der Waals surface area contributed by atoms with E-state index in [2.05, 4.69) is 21.2 Å². The van der Waals surface area contributed by atoms with Crippen LogP contribution in [0.25, 0.3) is 0 Å². The van der Waals surface area contributed by atoms with Crippen LogP contribution < -0.4 is 10.1 Å². The second kappa shape index (κ2) is 5.93. The zero-order valence-electron chi connectivity index (χ0n) is 10.6. The molecule has 1 unspecified atom stereocenters. The quantitative estimate of drug-likeness (QED) is 0.936. The maximum atomic E-state index is 12.0. The highest BCUT2D eigenvalue weighted by atomic mass is 79.9. The second-order valence-electron chi connectivity index (χ2n) is 4.08. The van der Waals surface area contributed by atoms with Gasteiger partial charge in [0.05, 0.1) is 25.0 Å². The molecule has 100 valence electrons. The number of carbonyl (C=O) groups is 1. The van der Waals surface area contributed by atoms with Gasteiger partial charge in [-0.15, -0.1) is 0 Å². The number of carbonyl (C=O) groups excluding carboxylic acids is 1. The lowest BCUT2D eigenvalue weighted by Gasteiger charge is -2.14. The van der Waals surface area contributed by atoms with Gasteiger partial charge in [0.2, 0.25) is 0 Å². The molecule has 2 aromatic rings. The molecule has 0 saturated carbocycles. The second-order valence-corrected chi connectivity index (χ2v) is 4.80. The Morgan fingerprint density at radius 2 is 2.00 bits per heavy atom. The third-order valence-corrected chi connectivity index (χ3v) is 3.44. The van der Waals surface area contributed by atoms with E-state index in [0.717, 1.165) is 11.3 Å². The molecule has 0 fully saturated rings. The lowest BCUT2D eigenvalue weighted by Crippen LogP contribution is -2.26. The minimum Gasteiger partial charge on any atom is -0.497 e. The highest BCUT2D eigenvalue weighted by molar-refractivity contribution is 9.10. The molecule has 4 nitrogen and oxygen atoms in total. The van der Waals surface area contributed by atoms with Gasteiger partial charge in [0.25, 0.3) is 5.91 Å². The summed E-state index contributed by atoms with van der Waals surface area (Å²) in [6, 6.07) is 9.11. The third-order valence-electron chi connectivity index (χ3n) is 2.83. The monoisotopic (exact) mass is 323 g/mol. The molecule has 0 aliphatic heterocycles. The molecule has 0 saturated heterocycles. The van der Waals surface area contributed by atoms with Gasteiger partial charge < -0.3 is 14.5 Å². The normalized spacial score (nSPS) is 11.9. The van der Waals surface area contributed by atoms with Gasteiger partial charge in [-0.1, -0.05) is 12.1 Å². The molecule has 0 bridgehead atoms. The van der Waals surface area contributed by atoms with Crippen molar-refractivity contribution in [1.29, 1.82) is 0 Å². The highest BCUT2D eigenvalue weighted by Gasteiger charge is 2.15. The molecule has 0 radical (unpaired) electrons. The van der Waals surface area contributed by atoms with Crippen LogP contribution in [-0.2, 0) is 0 Å². The number of methoxy groups -OCH3 is 1. The summed E-state index contributed by atoms with van der Waals surface area (Å²) < 4.78 is 10.6. The number of furan rings is 1. The highest BCUT2D eigenvalue weighted by Crippen LogP contribution is 2.20. The van der Waals surface area contributed by atoms with Crippen molar-refractivity contribution in [2.45, 2.75) is 13.0 Å². The minimum absolute atomic E-state index is 0.0970. The van der Waals surface area contributed by atoms with Gasteiger partial charge in [-0.2, -0.15) is 0 Å². The van der Waals surface area contributed by atoms with Crippen LogP contribution in [0.2, 0.25) is 0 Å². The van der Waals surface area contributed by atoms with Crippen molar-refractivity contribution < 1.29 is 13.9 Å². The Labute approximate surface area is 119 Å². The molecule has 0 aliphatic carbocycles. The SMILES string of the molecule is COc1ccc(C(C)NC(=O)c2ccoc2Br)cc1. The topological polar surface area (TPSA) is 51.5 Å². The van der Waals surface area contributed by atoms with Gasteiger partial charge in [-0.3, -0.25) is 4.79 Å². The maximum absolute atomic E-state index is 12.0. The van der Waals surface area contributed by atoms with Crippen LogP contribution in [0.5, 0.6) is 5.75 Å². The number of ether oxygens (including phenoxy) is 1. The fourth-order valence-corrected chi connectivity index (χ4v) is 2.13. The Balaban J connectivity index is 2.06. The lowest BCUT2D eigenvalue weighted by atomic mass is 10.1. The summed E-state index contributed by atoms with van der Waals surface area (Å²) in [5.41, 5.74) is 1.49. The Hall–Kier alpha value is -1.75. The van der Waals surface area contributed by atoms with Crippen LogP contribution in [0.3, 0.4) is 0 Å². The van der Waals surface area contributed by atoms with Gasteiger partial charge in [0, 0.05) is 0 Å². The smallest absolute Gasteiger partial charge is 0.256 e. The Kier molecular flexibility index (Phi) is 4.27. The summed E-state index contributed by atoms with van der Waals surface area (Å²) in [7, 11) is 1.62. The van der Waals surface area contributed by atoms with Gasteiger partial charge >= 0.3 is 0 Å². The van der Waals surface area contributed by atoms with E-state index in [1.165, 1.54) is 6.26 Å². The molecule has 1 heterocycles. The first-order chi connectivity index (χ1) is 9.11. The van der Waals surface area contributed by atoms with E-state index in [0.29, 0.717) is 10.2 Å². The van der Waals surface area contributed by atoms with Crippen molar-refractivity contribution >= 4 is 21.8 Å². The van der Waals surface area contributed by atoms with Gasteiger partial charge in [-0.25, -0.2) is 0 Å². The molecule has 1 atom stereocenters. The van der Waals surface area contributed by atoms with Gasteiger partial charge in [0.15, 0.2) is 4.67 Å². The summed E-state index contributed by atoms with van der Waals surface area (Å²) in [4.78, 5) is 12.0. The molecule has 1 amide bonds. The molecule has 1 aromatic carbocycles. The van der Waals surface area contributed by atoms with Crippen LogP contribution in [0.1, 0.15) is 28.9 Å². The van der Waals surface area contributed by atoms with E-state index >= 15 is 0 Å². The Bertz CT molecular complexity index is 562. The summed E-state index contributed by atoms with van der Waals surface area (Å²) in [5.74, 6) is 0.615. The first-order valence-electron chi connectivity index (χ1n) is 5.79. The average molecular weight is 324 g/mol. The van der Waals surface area contributed by atoms with Crippen LogP contribution in [0.15, 0.2) is 45.7 Å². The summed E-state index contributed by atoms with van der Waals surface area (Å²) in [6.07, 6.45) is 1.47. The van der Waals surface area contributed by atoms with Crippen molar-refractivity contribution in [2.24, 2.45) is 0 Å². The van der Waals surface area contributed by atoms with E-state index in [-0.39, 0.29) is 11.9 Å².